The first-order valence-electron chi connectivity index (χ1n) is 9.26. The van der Waals surface area contributed by atoms with Gasteiger partial charge in [-0.25, -0.2) is 4.39 Å². The Morgan fingerprint density at radius 1 is 1.25 bits per heavy atom. The minimum Gasteiger partial charge on any atom is -0.505 e. The third kappa shape index (κ3) is 3.85. The van der Waals surface area contributed by atoms with Crippen LogP contribution in [0.4, 0.5) is 27.6 Å². The lowest BCUT2D eigenvalue weighted by atomic mass is 9.77. The fourth-order valence-electron chi connectivity index (χ4n) is 3.70. The maximum Gasteiger partial charge on any atom is 0.417 e. The topological polar surface area (TPSA) is 115 Å². The number of anilines is 1. The normalized spacial score (nSPS) is 25.5. The van der Waals surface area contributed by atoms with Gasteiger partial charge in [-0.2, -0.15) is 17.6 Å². The van der Waals surface area contributed by atoms with Gasteiger partial charge in [-0.3, -0.25) is 14.6 Å². The van der Waals surface area contributed by atoms with E-state index in [1.54, 1.807) is 0 Å². The number of primary amides is 1. The minimum absolute atomic E-state index is 0.0103. The molecule has 1 aliphatic heterocycles. The standard InChI is InChI=1S/C20H18F5N3O4/c1-8-13(10-3-4-11(21)14(22)15(10)29)16(32-19(8,2)20(23,24)25)18(31)28-9-5-6-27-12(7-9)17(26)30/h3-8,13,16,29H,1-2H3,(H2,26,30)(H,27,28,31)/t8-,13+,16?,19+/m1/s1. The second-order valence-electron chi connectivity index (χ2n) is 7.54. The molecule has 0 saturated carbocycles. The van der Waals surface area contributed by atoms with Gasteiger partial charge in [0.05, 0.1) is 0 Å². The molecule has 0 spiro atoms. The summed E-state index contributed by atoms with van der Waals surface area (Å²) in [4.78, 5) is 27.9. The van der Waals surface area contributed by atoms with Crippen molar-refractivity contribution in [3.05, 3.63) is 53.4 Å². The Labute approximate surface area is 178 Å². The SMILES string of the molecule is C[C@@H]1[C@@H](c2ccc(F)c(F)c2O)C(C(=O)Nc2ccnc(C(N)=O)c2)O[C@]1(C)C(F)(F)F. The van der Waals surface area contributed by atoms with Crippen LogP contribution in [0.5, 0.6) is 5.75 Å². The Bertz CT molecular complexity index is 1080. The van der Waals surface area contributed by atoms with Crippen molar-refractivity contribution < 1.29 is 41.4 Å². The van der Waals surface area contributed by atoms with Gasteiger partial charge in [0.2, 0.25) is 5.82 Å². The molecule has 4 atom stereocenters. The van der Waals surface area contributed by atoms with Crippen LogP contribution in [0.3, 0.4) is 0 Å². The van der Waals surface area contributed by atoms with Crippen molar-refractivity contribution in [3.63, 3.8) is 0 Å². The van der Waals surface area contributed by atoms with E-state index in [0.29, 0.717) is 6.07 Å². The summed E-state index contributed by atoms with van der Waals surface area (Å²) < 4.78 is 74.0. The quantitative estimate of drug-likeness (QED) is 0.608. The number of rotatable bonds is 4. The van der Waals surface area contributed by atoms with Crippen LogP contribution in [0.25, 0.3) is 0 Å². The highest BCUT2D eigenvalue weighted by Gasteiger charge is 2.65. The zero-order chi connectivity index (χ0) is 24.0. The number of aromatic nitrogens is 1. The van der Waals surface area contributed by atoms with Crippen LogP contribution in [-0.4, -0.2) is 39.8 Å². The van der Waals surface area contributed by atoms with Crippen LogP contribution in [0.1, 0.15) is 35.8 Å². The van der Waals surface area contributed by atoms with Gasteiger partial charge in [0.25, 0.3) is 11.8 Å². The number of alkyl halides is 3. The van der Waals surface area contributed by atoms with E-state index in [2.05, 4.69) is 10.3 Å². The number of carbonyl (C=O) groups is 2. The number of ether oxygens (including phenoxy) is 1. The van der Waals surface area contributed by atoms with Crippen molar-refractivity contribution in [1.29, 1.82) is 0 Å². The molecule has 1 fully saturated rings. The van der Waals surface area contributed by atoms with E-state index in [4.69, 9.17) is 10.5 Å². The fraction of sp³-hybridized carbons (Fsp3) is 0.350. The summed E-state index contributed by atoms with van der Waals surface area (Å²) in [6.07, 6.45) is -5.63. The van der Waals surface area contributed by atoms with E-state index < -0.39 is 64.5 Å². The third-order valence-corrected chi connectivity index (χ3v) is 5.67. The minimum atomic E-state index is -4.93. The highest BCUT2D eigenvalue weighted by Crippen LogP contribution is 2.54. The van der Waals surface area contributed by atoms with E-state index in [1.165, 1.54) is 6.07 Å². The van der Waals surface area contributed by atoms with Crippen LogP contribution in [0, 0.1) is 17.6 Å². The zero-order valence-electron chi connectivity index (χ0n) is 16.7. The number of nitrogens with zero attached hydrogens (tertiary/aromatic N) is 1. The molecular formula is C20H18F5N3O4. The van der Waals surface area contributed by atoms with Crippen molar-refractivity contribution in [2.75, 3.05) is 5.32 Å². The van der Waals surface area contributed by atoms with E-state index >= 15 is 0 Å². The van der Waals surface area contributed by atoms with Crippen LogP contribution >= 0.6 is 0 Å². The number of phenols is 1. The number of hydrogen-bond acceptors (Lipinski definition) is 5. The lowest BCUT2D eigenvalue weighted by molar-refractivity contribution is -0.272. The van der Waals surface area contributed by atoms with Gasteiger partial charge in [0, 0.05) is 29.3 Å². The number of aromatic hydroxyl groups is 1. The zero-order valence-corrected chi connectivity index (χ0v) is 16.7. The van der Waals surface area contributed by atoms with Gasteiger partial charge in [0.15, 0.2) is 17.2 Å². The molecule has 32 heavy (non-hydrogen) atoms. The number of phenolic OH excluding ortho intramolecular Hbond substituents is 1. The predicted molar refractivity (Wildman–Crippen MR) is 101 cm³/mol. The molecule has 2 aromatic rings. The molecule has 7 nitrogen and oxygen atoms in total. The van der Waals surface area contributed by atoms with Gasteiger partial charge >= 0.3 is 6.18 Å². The second kappa shape index (κ2) is 8.01. The average Bonchev–Trinajstić information content (AvgIpc) is 2.99. The van der Waals surface area contributed by atoms with Gasteiger partial charge in [-0.05, 0) is 25.1 Å². The highest BCUT2D eigenvalue weighted by atomic mass is 19.4. The number of nitrogens with one attached hydrogen (secondary N) is 1. The Morgan fingerprint density at radius 3 is 2.50 bits per heavy atom. The Morgan fingerprint density at radius 2 is 1.91 bits per heavy atom. The van der Waals surface area contributed by atoms with Crippen molar-refractivity contribution >= 4 is 17.5 Å². The maximum atomic E-state index is 14.0. The Kier molecular flexibility index (Phi) is 5.85. The molecule has 1 aromatic carbocycles. The molecule has 4 N–H and O–H groups in total. The molecule has 12 heteroatoms. The van der Waals surface area contributed by atoms with Crippen molar-refractivity contribution in [1.82, 2.24) is 4.98 Å². The molecular weight excluding hydrogens is 441 g/mol. The number of nitrogens with two attached hydrogens (primary N) is 1. The van der Waals surface area contributed by atoms with Crippen molar-refractivity contribution in [2.24, 2.45) is 11.7 Å². The van der Waals surface area contributed by atoms with Crippen LogP contribution in [0.15, 0.2) is 30.5 Å². The van der Waals surface area contributed by atoms with E-state index in [1.807, 2.05) is 0 Å². The summed E-state index contributed by atoms with van der Waals surface area (Å²) in [6.45, 7) is 1.86. The molecule has 1 aromatic heterocycles. The first-order chi connectivity index (χ1) is 14.8. The number of amides is 2. The number of hydrogen-bond donors (Lipinski definition) is 3. The Balaban J connectivity index is 2.05. The molecule has 172 valence electrons. The molecule has 1 unspecified atom stereocenters. The third-order valence-electron chi connectivity index (χ3n) is 5.67. The molecule has 0 bridgehead atoms. The summed E-state index contributed by atoms with van der Waals surface area (Å²) >= 11 is 0. The number of pyridine rings is 1. The van der Waals surface area contributed by atoms with Gasteiger partial charge in [-0.1, -0.05) is 13.0 Å². The number of benzene rings is 1. The summed E-state index contributed by atoms with van der Waals surface area (Å²) in [5.41, 5.74) is 1.64. The van der Waals surface area contributed by atoms with Gasteiger partial charge < -0.3 is 20.9 Å². The molecule has 1 aliphatic rings. The summed E-state index contributed by atoms with van der Waals surface area (Å²) in [5.74, 6) is -9.22. The maximum absolute atomic E-state index is 14.0. The molecule has 3 rings (SSSR count). The highest BCUT2D eigenvalue weighted by molar-refractivity contribution is 5.97. The molecule has 2 heterocycles. The molecule has 1 saturated heterocycles. The fourth-order valence-corrected chi connectivity index (χ4v) is 3.70. The van der Waals surface area contributed by atoms with Crippen molar-refractivity contribution in [2.45, 2.75) is 37.6 Å². The predicted octanol–water partition coefficient (Wildman–Crippen LogP) is 3.24. The largest absolute Gasteiger partial charge is 0.505 e. The van der Waals surface area contributed by atoms with E-state index in [-0.39, 0.29) is 11.4 Å². The van der Waals surface area contributed by atoms with Crippen LogP contribution < -0.4 is 11.1 Å². The number of halogens is 5. The Hall–Kier alpha value is -3.28. The van der Waals surface area contributed by atoms with E-state index in [0.717, 1.165) is 32.2 Å². The van der Waals surface area contributed by atoms with Crippen LogP contribution in [0.2, 0.25) is 0 Å². The van der Waals surface area contributed by atoms with Crippen molar-refractivity contribution in [3.8, 4) is 5.75 Å². The molecule has 2 amide bonds. The molecule has 0 radical (unpaired) electrons. The first kappa shape index (κ1) is 23.4. The summed E-state index contributed by atoms with van der Waals surface area (Å²) in [6, 6.07) is 3.90. The summed E-state index contributed by atoms with van der Waals surface area (Å²) in [5, 5.41) is 12.4. The average molecular weight is 459 g/mol. The van der Waals surface area contributed by atoms with Gasteiger partial charge in [0.1, 0.15) is 11.8 Å². The second-order valence-corrected chi connectivity index (χ2v) is 7.54. The molecule has 0 aliphatic carbocycles. The lowest BCUT2D eigenvalue weighted by Crippen LogP contribution is -2.47. The van der Waals surface area contributed by atoms with Gasteiger partial charge in [-0.15, -0.1) is 0 Å². The van der Waals surface area contributed by atoms with Crippen LogP contribution in [-0.2, 0) is 9.53 Å². The monoisotopic (exact) mass is 459 g/mol. The number of carbonyl (C=O) groups excluding carboxylic acids is 2. The smallest absolute Gasteiger partial charge is 0.417 e. The van der Waals surface area contributed by atoms with E-state index in [9.17, 15) is 36.6 Å². The first-order valence-corrected chi connectivity index (χ1v) is 9.26. The summed E-state index contributed by atoms with van der Waals surface area (Å²) in [7, 11) is 0. The lowest BCUT2D eigenvalue weighted by Gasteiger charge is -2.31.